The van der Waals surface area contributed by atoms with E-state index in [1.807, 2.05) is 62.6 Å². The smallest absolute Gasteiger partial charge is 0.336 e. The number of benzene rings is 2. The van der Waals surface area contributed by atoms with Gasteiger partial charge in [-0.25, -0.2) is 4.79 Å². The third-order valence-electron chi connectivity index (χ3n) is 4.92. The number of Topliss-reactive ketones (excluding diaryl/α,β-unsaturated/α-hetero) is 1. The zero-order valence-corrected chi connectivity index (χ0v) is 17.0. The molecule has 1 unspecified atom stereocenters. The highest BCUT2D eigenvalue weighted by Gasteiger charge is 2.26. The fourth-order valence-corrected chi connectivity index (χ4v) is 3.53. The summed E-state index contributed by atoms with van der Waals surface area (Å²) in [6.07, 6.45) is 7.92. The highest BCUT2D eigenvalue weighted by Crippen LogP contribution is 2.27. The van der Waals surface area contributed by atoms with Gasteiger partial charge in [-0.05, 0) is 74.3 Å². The van der Waals surface area contributed by atoms with E-state index < -0.39 is 5.97 Å². The molecular formula is C25H27NO3. The van der Waals surface area contributed by atoms with Crippen LogP contribution in [0.5, 0.6) is 5.75 Å². The first-order valence-corrected chi connectivity index (χ1v) is 9.96. The second-order valence-corrected chi connectivity index (χ2v) is 7.62. The predicted octanol–water partition coefficient (Wildman–Crippen LogP) is 4.62. The van der Waals surface area contributed by atoms with E-state index in [1.54, 1.807) is 18.2 Å². The number of rotatable bonds is 6. The Kier molecular flexibility index (Phi) is 7.14. The van der Waals surface area contributed by atoms with Crippen LogP contribution in [0.4, 0.5) is 0 Å². The summed E-state index contributed by atoms with van der Waals surface area (Å²) < 4.78 is 5.34. The Morgan fingerprint density at radius 2 is 1.79 bits per heavy atom. The lowest BCUT2D eigenvalue weighted by molar-refractivity contribution is -0.129. The molecule has 1 atom stereocenters. The SMILES string of the molecule is CN(C)CC1CCC/C(=C\c2ccc(OC(=O)C=Cc3ccccc3)cc2)C1=O. The highest BCUT2D eigenvalue weighted by atomic mass is 16.5. The molecule has 1 aliphatic rings. The Labute approximate surface area is 172 Å². The minimum atomic E-state index is -0.422. The summed E-state index contributed by atoms with van der Waals surface area (Å²) in [7, 11) is 4.00. The maximum atomic E-state index is 12.7. The van der Waals surface area contributed by atoms with Crippen molar-refractivity contribution in [3.8, 4) is 5.75 Å². The van der Waals surface area contributed by atoms with E-state index in [2.05, 4.69) is 4.90 Å². The zero-order chi connectivity index (χ0) is 20.6. The lowest BCUT2D eigenvalue weighted by Crippen LogP contribution is -2.31. The number of carbonyl (C=O) groups excluding carboxylic acids is 2. The Bertz CT molecular complexity index is 895. The van der Waals surface area contributed by atoms with Crippen LogP contribution in [-0.2, 0) is 9.59 Å². The second-order valence-electron chi connectivity index (χ2n) is 7.62. The molecular weight excluding hydrogens is 362 g/mol. The Morgan fingerprint density at radius 1 is 1.07 bits per heavy atom. The van der Waals surface area contributed by atoms with Crippen LogP contribution in [0.2, 0.25) is 0 Å². The third kappa shape index (κ3) is 6.26. The quantitative estimate of drug-likeness (QED) is 0.411. The summed E-state index contributed by atoms with van der Waals surface area (Å²) >= 11 is 0. The van der Waals surface area contributed by atoms with E-state index in [1.165, 1.54) is 6.08 Å². The normalized spacial score (nSPS) is 18.5. The fraction of sp³-hybridized carbons (Fsp3) is 0.280. The van der Waals surface area contributed by atoms with Crippen LogP contribution in [0.25, 0.3) is 12.2 Å². The first-order valence-electron chi connectivity index (χ1n) is 9.96. The third-order valence-corrected chi connectivity index (χ3v) is 4.92. The summed E-state index contributed by atoms with van der Waals surface area (Å²) in [5, 5.41) is 0. The standard InChI is InChI=1S/C25H27NO3/c1-26(2)18-22-10-6-9-21(25(22)28)17-20-11-14-23(15-12-20)29-24(27)16-13-19-7-4-3-5-8-19/h3-5,7-8,11-17,22H,6,9-10,18H2,1-2H3/b16-13?,21-17+. The zero-order valence-electron chi connectivity index (χ0n) is 17.0. The van der Waals surface area contributed by atoms with Crippen LogP contribution in [-0.4, -0.2) is 37.3 Å². The average Bonchev–Trinajstić information content (AvgIpc) is 2.71. The van der Waals surface area contributed by atoms with Gasteiger partial charge < -0.3 is 9.64 Å². The number of allylic oxidation sites excluding steroid dienone is 1. The van der Waals surface area contributed by atoms with E-state index in [0.29, 0.717) is 5.75 Å². The van der Waals surface area contributed by atoms with Crippen molar-refractivity contribution in [1.29, 1.82) is 0 Å². The van der Waals surface area contributed by atoms with Crippen molar-refractivity contribution in [3.63, 3.8) is 0 Å². The molecule has 0 amide bonds. The molecule has 1 aliphatic carbocycles. The van der Waals surface area contributed by atoms with Gasteiger partial charge in [-0.15, -0.1) is 0 Å². The van der Waals surface area contributed by atoms with Gasteiger partial charge in [0, 0.05) is 18.5 Å². The number of ketones is 1. The highest BCUT2D eigenvalue weighted by molar-refractivity contribution is 6.01. The van der Waals surface area contributed by atoms with Gasteiger partial charge in [0.2, 0.25) is 0 Å². The molecule has 0 aromatic heterocycles. The number of esters is 1. The molecule has 4 nitrogen and oxygen atoms in total. The minimum absolute atomic E-state index is 0.0848. The largest absolute Gasteiger partial charge is 0.423 e. The van der Waals surface area contributed by atoms with Crippen molar-refractivity contribution in [2.45, 2.75) is 19.3 Å². The second kappa shape index (κ2) is 9.99. The topological polar surface area (TPSA) is 46.6 Å². The van der Waals surface area contributed by atoms with E-state index in [9.17, 15) is 9.59 Å². The van der Waals surface area contributed by atoms with Crippen LogP contribution in [0.3, 0.4) is 0 Å². The number of ether oxygens (including phenoxy) is 1. The lowest BCUT2D eigenvalue weighted by atomic mass is 9.83. The summed E-state index contributed by atoms with van der Waals surface area (Å²) in [5.74, 6) is 0.400. The molecule has 4 heteroatoms. The molecule has 0 aliphatic heterocycles. The molecule has 0 spiro atoms. The molecule has 0 heterocycles. The first kappa shape index (κ1) is 20.7. The van der Waals surface area contributed by atoms with E-state index in [0.717, 1.165) is 42.5 Å². The van der Waals surface area contributed by atoms with Gasteiger partial charge in [0.15, 0.2) is 5.78 Å². The van der Waals surface area contributed by atoms with Crippen molar-refractivity contribution in [3.05, 3.63) is 77.4 Å². The molecule has 0 bridgehead atoms. The average molecular weight is 389 g/mol. The van der Waals surface area contributed by atoms with Crippen LogP contribution in [0.15, 0.2) is 66.2 Å². The van der Waals surface area contributed by atoms with E-state index in [-0.39, 0.29) is 11.7 Å². The van der Waals surface area contributed by atoms with Gasteiger partial charge in [0.05, 0.1) is 0 Å². The van der Waals surface area contributed by atoms with Crippen LogP contribution in [0, 0.1) is 5.92 Å². The van der Waals surface area contributed by atoms with Gasteiger partial charge in [0.1, 0.15) is 5.75 Å². The summed E-state index contributed by atoms with van der Waals surface area (Å²) in [5.41, 5.74) is 2.77. The van der Waals surface area contributed by atoms with Crippen LogP contribution < -0.4 is 4.74 Å². The molecule has 0 N–H and O–H groups in total. The Morgan fingerprint density at radius 3 is 2.48 bits per heavy atom. The van der Waals surface area contributed by atoms with Gasteiger partial charge in [0.25, 0.3) is 0 Å². The number of hydrogen-bond donors (Lipinski definition) is 0. The molecule has 29 heavy (non-hydrogen) atoms. The van der Waals surface area contributed by atoms with Crippen LogP contribution in [0.1, 0.15) is 30.4 Å². The minimum Gasteiger partial charge on any atom is -0.423 e. The first-order chi connectivity index (χ1) is 14.0. The molecule has 3 rings (SSSR count). The van der Waals surface area contributed by atoms with E-state index in [4.69, 9.17) is 4.74 Å². The Balaban J connectivity index is 1.61. The number of carbonyl (C=O) groups is 2. The van der Waals surface area contributed by atoms with Crippen molar-refractivity contribution in [1.82, 2.24) is 4.90 Å². The molecule has 1 saturated carbocycles. The molecule has 150 valence electrons. The summed E-state index contributed by atoms with van der Waals surface area (Å²) in [6, 6.07) is 16.9. The van der Waals surface area contributed by atoms with E-state index >= 15 is 0 Å². The summed E-state index contributed by atoms with van der Waals surface area (Å²) in [4.78, 5) is 26.8. The molecule has 0 radical (unpaired) electrons. The van der Waals surface area contributed by atoms with Gasteiger partial charge in [-0.3, -0.25) is 4.79 Å². The van der Waals surface area contributed by atoms with Gasteiger partial charge >= 0.3 is 5.97 Å². The maximum absolute atomic E-state index is 12.7. The van der Waals surface area contributed by atoms with Gasteiger partial charge in [-0.1, -0.05) is 42.5 Å². The monoisotopic (exact) mass is 389 g/mol. The van der Waals surface area contributed by atoms with Crippen molar-refractivity contribution in [2.24, 2.45) is 5.92 Å². The van der Waals surface area contributed by atoms with Gasteiger partial charge in [-0.2, -0.15) is 0 Å². The lowest BCUT2D eigenvalue weighted by Gasteiger charge is -2.25. The number of hydrogen-bond acceptors (Lipinski definition) is 4. The van der Waals surface area contributed by atoms with Crippen molar-refractivity contribution in [2.75, 3.05) is 20.6 Å². The molecule has 1 fully saturated rings. The van der Waals surface area contributed by atoms with Crippen molar-refractivity contribution >= 4 is 23.9 Å². The number of nitrogens with zero attached hydrogens (tertiary/aromatic N) is 1. The summed E-state index contributed by atoms with van der Waals surface area (Å²) in [6.45, 7) is 0.793. The molecule has 2 aromatic carbocycles. The molecule has 0 saturated heterocycles. The predicted molar refractivity (Wildman–Crippen MR) is 116 cm³/mol. The Hall–Kier alpha value is -2.98. The van der Waals surface area contributed by atoms with Crippen LogP contribution >= 0.6 is 0 Å². The maximum Gasteiger partial charge on any atom is 0.336 e. The molecule has 2 aromatic rings. The fourth-order valence-electron chi connectivity index (χ4n) is 3.53. The van der Waals surface area contributed by atoms with Crippen molar-refractivity contribution < 1.29 is 14.3 Å².